The summed E-state index contributed by atoms with van der Waals surface area (Å²) in [6, 6.07) is 0. The summed E-state index contributed by atoms with van der Waals surface area (Å²) in [7, 11) is 4.31. The number of likely N-dealkylation sites (N-methyl/N-ethyl adjacent to an activating group) is 2. The van der Waals surface area contributed by atoms with Crippen LogP contribution in [0.2, 0.25) is 0 Å². The number of quaternary nitrogens is 1. The molecular weight excluding hydrogens is 140 g/mol. The van der Waals surface area contributed by atoms with Crippen molar-refractivity contribution in [2.24, 2.45) is 0 Å². The molecule has 0 bridgehead atoms. The van der Waals surface area contributed by atoms with E-state index in [1.54, 1.807) is 0 Å². The second-order valence-electron chi connectivity index (χ2n) is 3.51. The number of morpholine rings is 1. The van der Waals surface area contributed by atoms with Crippen LogP contribution in [-0.2, 0) is 4.74 Å². The minimum atomic E-state index is 0.931. The summed E-state index contributed by atoms with van der Waals surface area (Å²) in [5, 5.41) is 3.18. The lowest BCUT2D eigenvalue weighted by Gasteiger charge is -2.37. The molecule has 1 aliphatic rings. The predicted octanol–water partition coefficient (Wildman–Crippen LogP) is -0.317. The quantitative estimate of drug-likeness (QED) is 0.570. The zero-order valence-electron chi connectivity index (χ0n) is 7.60. The summed E-state index contributed by atoms with van der Waals surface area (Å²) in [4.78, 5) is 0. The zero-order chi connectivity index (χ0) is 8.16. The van der Waals surface area contributed by atoms with Crippen LogP contribution in [0.3, 0.4) is 0 Å². The normalized spacial score (nSPS) is 23.5. The molecule has 0 radical (unpaired) electrons. The van der Waals surface area contributed by atoms with E-state index in [4.69, 9.17) is 4.74 Å². The van der Waals surface area contributed by atoms with Gasteiger partial charge in [0, 0.05) is 6.54 Å². The number of nitrogens with zero attached hydrogens (tertiary/aromatic N) is 1. The van der Waals surface area contributed by atoms with Gasteiger partial charge in [-0.05, 0) is 7.05 Å². The summed E-state index contributed by atoms with van der Waals surface area (Å²) in [5.74, 6) is 0. The van der Waals surface area contributed by atoms with Crippen LogP contribution in [0.4, 0.5) is 0 Å². The van der Waals surface area contributed by atoms with Gasteiger partial charge in [0.1, 0.15) is 13.1 Å². The second-order valence-corrected chi connectivity index (χ2v) is 3.51. The lowest BCUT2D eigenvalue weighted by Crippen LogP contribution is -2.54. The van der Waals surface area contributed by atoms with E-state index in [1.807, 2.05) is 7.05 Å². The van der Waals surface area contributed by atoms with Crippen molar-refractivity contribution in [1.29, 1.82) is 0 Å². The van der Waals surface area contributed by atoms with Crippen LogP contribution in [0.15, 0.2) is 0 Å². The largest absolute Gasteiger partial charge is 0.370 e. The molecular formula is C8H19N2O+. The summed E-state index contributed by atoms with van der Waals surface area (Å²) in [6.45, 7) is 6.53. The van der Waals surface area contributed by atoms with Crippen LogP contribution in [0, 0.1) is 0 Å². The molecule has 0 spiro atoms. The summed E-state index contributed by atoms with van der Waals surface area (Å²) < 4.78 is 6.48. The van der Waals surface area contributed by atoms with Gasteiger partial charge in [0.15, 0.2) is 0 Å². The first kappa shape index (κ1) is 8.97. The van der Waals surface area contributed by atoms with Crippen molar-refractivity contribution in [1.82, 2.24) is 5.32 Å². The Morgan fingerprint density at radius 3 is 2.55 bits per heavy atom. The van der Waals surface area contributed by atoms with Gasteiger partial charge in [-0.2, -0.15) is 0 Å². The maximum Gasteiger partial charge on any atom is 0.102 e. The third kappa shape index (κ3) is 2.77. The first-order valence-corrected chi connectivity index (χ1v) is 4.33. The maximum atomic E-state index is 5.31. The van der Waals surface area contributed by atoms with Gasteiger partial charge < -0.3 is 14.5 Å². The van der Waals surface area contributed by atoms with Gasteiger partial charge in [-0.3, -0.25) is 0 Å². The second kappa shape index (κ2) is 4.04. The van der Waals surface area contributed by atoms with Crippen molar-refractivity contribution in [3.63, 3.8) is 0 Å². The Labute approximate surface area is 68.9 Å². The third-order valence-electron chi connectivity index (χ3n) is 2.45. The van der Waals surface area contributed by atoms with Crippen molar-refractivity contribution in [3.05, 3.63) is 0 Å². The Morgan fingerprint density at radius 1 is 1.36 bits per heavy atom. The van der Waals surface area contributed by atoms with Gasteiger partial charge in [-0.15, -0.1) is 0 Å². The fraction of sp³-hybridized carbons (Fsp3) is 1.00. The number of nitrogens with one attached hydrogen (secondary N) is 1. The highest BCUT2D eigenvalue weighted by Gasteiger charge is 2.23. The van der Waals surface area contributed by atoms with E-state index in [2.05, 4.69) is 12.4 Å². The minimum Gasteiger partial charge on any atom is -0.370 e. The molecule has 1 rings (SSSR count). The molecule has 66 valence electrons. The molecule has 0 aromatic carbocycles. The number of rotatable bonds is 3. The summed E-state index contributed by atoms with van der Waals surface area (Å²) in [5.41, 5.74) is 0. The lowest BCUT2D eigenvalue weighted by atomic mass is 10.3. The van der Waals surface area contributed by atoms with E-state index < -0.39 is 0 Å². The van der Waals surface area contributed by atoms with Crippen molar-refractivity contribution in [2.45, 2.75) is 0 Å². The molecule has 0 unspecified atom stereocenters. The Balaban J connectivity index is 2.25. The molecule has 1 saturated heterocycles. The molecule has 1 N–H and O–H groups in total. The van der Waals surface area contributed by atoms with E-state index in [0.29, 0.717) is 0 Å². The highest BCUT2D eigenvalue weighted by Crippen LogP contribution is 2.05. The average molecular weight is 159 g/mol. The van der Waals surface area contributed by atoms with Crippen molar-refractivity contribution >= 4 is 0 Å². The molecule has 0 saturated carbocycles. The van der Waals surface area contributed by atoms with Crippen molar-refractivity contribution < 1.29 is 9.22 Å². The van der Waals surface area contributed by atoms with Crippen molar-refractivity contribution in [2.75, 3.05) is 53.5 Å². The smallest absolute Gasteiger partial charge is 0.102 e. The van der Waals surface area contributed by atoms with Crippen LogP contribution in [-0.4, -0.2) is 58.0 Å². The summed E-state index contributed by atoms with van der Waals surface area (Å²) >= 11 is 0. The van der Waals surface area contributed by atoms with Crippen molar-refractivity contribution in [3.8, 4) is 0 Å². The Kier molecular flexibility index (Phi) is 3.30. The highest BCUT2D eigenvalue weighted by molar-refractivity contribution is 4.48. The van der Waals surface area contributed by atoms with E-state index in [9.17, 15) is 0 Å². The standard InChI is InChI=1S/C8H19N2O/c1-9-3-4-10(2)5-7-11-8-6-10/h9H,3-8H2,1-2H3/q+1. The number of hydrogen-bond acceptors (Lipinski definition) is 2. The van der Waals surface area contributed by atoms with Gasteiger partial charge in [0.05, 0.1) is 26.8 Å². The van der Waals surface area contributed by atoms with E-state index >= 15 is 0 Å². The van der Waals surface area contributed by atoms with Crippen LogP contribution < -0.4 is 5.32 Å². The molecule has 0 aliphatic carbocycles. The monoisotopic (exact) mass is 159 g/mol. The molecule has 1 aliphatic heterocycles. The molecule has 0 aromatic rings. The SMILES string of the molecule is CNCC[N+]1(C)CCOCC1. The topological polar surface area (TPSA) is 21.3 Å². The molecule has 0 amide bonds. The molecule has 1 fully saturated rings. The molecule has 0 atom stereocenters. The summed E-state index contributed by atoms with van der Waals surface area (Å²) in [6.07, 6.45) is 0. The van der Waals surface area contributed by atoms with Gasteiger partial charge in [0.2, 0.25) is 0 Å². The molecule has 0 aromatic heterocycles. The Bertz CT molecular complexity index is 111. The van der Waals surface area contributed by atoms with Crippen LogP contribution in [0.5, 0.6) is 0 Å². The molecule has 11 heavy (non-hydrogen) atoms. The fourth-order valence-corrected chi connectivity index (χ4v) is 1.39. The minimum absolute atomic E-state index is 0.931. The Hall–Kier alpha value is -0.120. The Morgan fingerprint density at radius 2 is 2.00 bits per heavy atom. The first-order chi connectivity index (χ1) is 5.27. The molecule has 3 heteroatoms. The van der Waals surface area contributed by atoms with Gasteiger partial charge >= 0.3 is 0 Å². The van der Waals surface area contributed by atoms with Crippen LogP contribution in [0.1, 0.15) is 0 Å². The highest BCUT2D eigenvalue weighted by atomic mass is 16.5. The third-order valence-corrected chi connectivity index (χ3v) is 2.45. The fourth-order valence-electron chi connectivity index (χ4n) is 1.39. The average Bonchev–Trinajstić information content (AvgIpc) is 2.03. The molecule has 1 heterocycles. The van der Waals surface area contributed by atoms with Gasteiger partial charge in [-0.25, -0.2) is 0 Å². The van der Waals surface area contributed by atoms with Gasteiger partial charge in [-0.1, -0.05) is 0 Å². The van der Waals surface area contributed by atoms with Crippen LogP contribution >= 0.6 is 0 Å². The molecule has 3 nitrogen and oxygen atoms in total. The maximum absolute atomic E-state index is 5.31. The van der Waals surface area contributed by atoms with E-state index in [-0.39, 0.29) is 0 Å². The number of hydrogen-bond donors (Lipinski definition) is 1. The van der Waals surface area contributed by atoms with Crippen LogP contribution in [0.25, 0.3) is 0 Å². The number of ether oxygens (including phenoxy) is 1. The van der Waals surface area contributed by atoms with E-state index in [1.165, 1.54) is 24.1 Å². The predicted molar refractivity (Wildman–Crippen MR) is 45.5 cm³/mol. The van der Waals surface area contributed by atoms with Gasteiger partial charge in [0.25, 0.3) is 0 Å². The first-order valence-electron chi connectivity index (χ1n) is 4.33. The lowest BCUT2D eigenvalue weighted by molar-refractivity contribution is -0.915. The van der Waals surface area contributed by atoms with E-state index in [0.717, 1.165) is 19.8 Å². The zero-order valence-corrected chi connectivity index (χ0v) is 7.60.